The van der Waals surface area contributed by atoms with Gasteiger partial charge in [-0.05, 0) is 112 Å². The molecule has 2 saturated heterocycles. The van der Waals surface area contributed by atoms with Crippen molar-refractivity contribution in [2.24, 2.45) is 51.1 Å². The van der Waals surface area contributed by atoms with E-state index < -0.39 is 29.5 Å². The number of aliphatic hydroxyl groups excluding tert-OH is 1. The van der Waals surface area contributed by atoms with E-state index in [1.54, 1.807) is 13.8 Å². The summed E-state index contributed by atoms with van der Waals surface area (Å²) in [6, 6.07) is 0. The Kier molecular flexibility index (Phi) is 8.22. The van der Waals surface area contributed by atoms with E-state index in [9.17, 15) is 19.4 Å². The van der Waals surface area contributed by atoms with Gasteiger partial charge in [0.25, 0.3) is 0 Å². The molecule has 47 heavy (non-hydrogen) atoms. The van der Waals surface area contributed by atoms with Crippen LogP contribution in [0.3, 0.4) is 0 Å². The van der Waals surface area contributed by atoms with Crippen molar-refractivity contribution < 1.29 is 33.6 Å². The van der Waals surface area contributed by atoms with Gasteiger partial charge in [-0.15, -0.1) is 0 Å². The quantitative estimate of drug-likeness (QED) is 0.301. The fraction of sp³-hybridized carbons (Fsp3) is 0.973. The topological polar surface area (TPSA) is 127 Å². The highest BCUT2D eigenvalue weighted by Crippen LogP contribution is 2.87. The summed E-state index contributed by atoms with van der Waals surface area (Å²) in [5.41, 5.74) is 5.75. The van der Waals surface area contributed by atoms with E-state index in [1.807, 2.05) is 11.8 Å². The molecule has 5 N–H and O–H groups in total. The number of nitrogens with one attached hydrogen (secondary N) is 1. The van der Waals surface area contributed by atoms with Gasteiger partial charge in [0, 0.05) is 38.2 Å². The van der Waals surface area contributed by atoms with Gasteiger partial charge in [0.2, 0.25) is 0 Å². The van der Waals surface area contributed by atoms with Crippen LogP contribution < -0.4 is 11.1 Å². The summed E-state index contributed by atoms with van der Waals surface area (Å²) < 4.78 is 32.2. The molecule has 0 aromatic rings. The lowest BCUT2D eigenvalue weighted by Crippen LogP contribution is -2.70. The third kappa shape index (κ3) is 4.77. The Morgan fingerprint density at radius 1 is 1.13 bits per heavy atom. The summed E-state index contributed by atoms with van der Waals surface area (Å²) in [7, 11) is 0. The molecule has 1 amide bonds. The standard InChI is InChI=1S/C37H62FN3O6/c1-8-45-30(33(5,6)44)23-17-21(2)27-28(46-23)29(42)37(39)25-10-9-24-32(3,4)26(47-31(43)40-15-16-41-18-22(38)19-41)11-12-35(24)20-36(25,35)14-13-34(27,37)7/h21-30,42,44H,8-20,39H2,1-7H3,(H,40,43)/t21-,23?,24+,25?,26+,27+,28?,29+,30+,34?,35?,36?,37+/m1/s1. The van der Waals surface area contributed by atoms with E-state index >= 15 is 0 Å². The molecule has 5 aliphatic carbocycles. The summed E-state index contributed by atoms with van der Waals surface area (Å²) >= 11 is 0. The summed E-state index contributed by atoms with van der Waals surface area (Å²) in [6.07, 6.45) is 4.63. The fourth-order valence-electron chi connectivity index (χ4n) is 13.5. The van der Waals surface area contributed by atoms with Crippen molar-refractivity contribution in [3.8, 4) is 0 Å². The lowest BCUT2D eigenvalue weighted by Gasteiger charge is -2.63. The highest BCUT2D eigenvalue weighted by molar-refractivity contribution is 5.67. The summed E-state index contributed by atoms with van der Waals surface area (Å²) in [6.45, 7) is 17.2. The molecule has 9 nitrogen and oxygen atoms in total. The lowest BCUT2D eigenvalue weighted by molar-refractivity contribution is -0.214. The number of amides is 1. The number of likely N-dealkylation sites (tertiary alicyclic amines) is 1. The Hall–Kier alpha value is -1.04. The fourth-order valence-corrected chi connectivity index (χ4v) is 13.5. The molecule has 2 aliphatic heterocycles. The first kappa shape index (κ1) is 34.4. The molecule has 2 spiro atoms. The Morgan fingerprint density at radius 3 is 2.47 bits per heavy atom. The largest absolute Gasteiger partial charge is 0.446 e. The summed E-state index contributed by atoms with van der Waals surface area (Å²) in [5, 5.41) is 26.3. The van der Waals surface area contributed by atoms with Crippen molar-refractivity contribution in [1.82, 2.24) is 10.2 Å². The first-order valence-electron chi connectivity index (χ1n) is 18.7. The van der Waals surface area contributed by atoms with Gasteiger partial charge >= 0.3 is 6.09 Å². The minimum atomic E-state index is -1.07. The molecule has 0 radical (unpaired) electrons. The average Bonchev–Trinajstić information content (AvgIpc) is 3.60. The second kappa shape index (κ2) is 11.2. The van der Waals surface area contributed by atoms with Gasteiger partial charge in [-0.2, -0.15) is 0 Å². The molecule has 0 aromatic heterocycles. The van der Waals surface area contributed by atoms with E-state index in [4.69, 9.17) is 19.9 Å². The molecular weight excluding hydrogens is 601 g/mol. The maximum atomic E-state index is 13.1. The number of nitrogens with two attached hydrogens (primary N) is 1. The van der Waals surface area contributed by atoms with Crippen molar-refractivity contribution in [2.45, 2.75) is 148 Å². The molecule has 13 atom stereocenters. The molecule has 7 fully saturated rings. The van der Waals surface area contributed by atoms with Gasteiger partial charge in [-0.25, -0.2) is 9.18 Å². The third-order valence-electron chi connectivity index (χ3n) is 15.5. The number of carbonyl (C=O) groups is 1. The molecule has 7 rings (SSSR count). The Morgan fingerprint density at radius 2 is 1.81 bits per heavy atom. The van der Waals surface area contributed by atoms with Crippen LogP contribution in [0.4, 0.5) is 9.18 Å². The van der Waals surface area contributed by atoms with Crippen LogP contribution in [0.5, 0.6) is 0 Å². The van der Waals surface area contributed by atoms with Crippen LogP contribution in [0.25, 0.3) is 0 Å². The molecule has 5 saturated carbocycles. The van der Waals surface area contributed by atoms with Crippen molar-refractivity contribution in [1.29, 1.82) is 0 Å². The zero-order valence-electron chi connectivity index (χ0n) is 29.9. The van der Waals surface area contributed by atoms with Gasteiger partial charge in [0.05, 0.1) is 29.5 Å². The van der Waals surface area contributed by atoms with Crippen LogP contribution in [0.15, 0.2) is 0 Å². The maximum Gasteiger partial charge on any atom is 0.407 e. The normalized spacial score (nSPS) is 49.3. The van der Waals surface area contributed by atoms with E-state index in [-0.39, 0.29) is 63.8 Å². The molecule has 2 heterocycles. The number of rotatable bonds is 8. The number of aliphatic hydroxyl groups is 2. The number of fused-ring (bicyclic) bond motifs is 4. The van der Waals surface area contributed by atoms with E-state index in [1.165, 1.54) is 0 Å². The zero-order valence-corrected chi connectivity index (χ0v) is 29.9. The van der Waals surface area contributed by atoms with E-state index in [2.05, 4.69) is 33.0 Å². The van der Waals surface area contributed by atoms with Crippen LogP contribution >= 0.6 is 0 Å². The number of hydrogen-bond donors (Lipinski definition) is 4. The van der Waals surface area contributed by atoms with Gasteiger partial charge < -0.3 is 35.5 Å². The molecule has 10 heteroatoms. The summed E-state index contributed by atoms with van der Waals surface area (Å²) in [5.74, 6) is 1.05. The summed E-state index contributed by atoms with van der Waals surface area (Å²) in [4.78, 5) is 14.9. The minimum Gasteiger partial charge on any atom is -0.446 e. The van der Waals surface area contributed by atoms with Crippen LogP contribution in [0.2, 0.25) is 0 Å². The predicted octanol–water partition coefficient (Wildman–Crippen LogP) is 4.42. The molecule has 7 aliphatic rings. The second-order valence-corrected chi connectivity index (χ2v) is 18.4. The Labute approximate surface area is 281 Å². The van der Waals surface area contributed by atoms with Crippen molar-refractivity contribution in [2.75, 3.05) is 32.8 Å². The number of carbonyl (C=O) groups excluding carboxylic acids is 1. The maximum absolute atomic E-state index is 13.1. The molecular formula is C37H62FN3O6. The lowest BCUT2D eigenvalue weighted by atomic mass is 9.43. The smallest absolute Gasteiger partial charge is 0.407 e. The first-order chi connectivity index (χ1) is 22.0. The van der Waals surface area contributed by atoms with Crippen LogP contribution in [-0.4, -0.2) is 102 Å². The molecule has 0 aromatic carbocycles. The van der Waals surface area contributed by atoms with Gasteiger partial charge in [-0.3, -0.25) is 4.90 Å². The number of halogens is 1. The second-order valence-electron chi connectivity index (χ2n) is 18.4. The van der Waals surface area contributed by atoms with Crippen molar-refractivity contribution in [3.05, 3.63) is 0 Å². The van der Waals surface area contributed by atoms with E-state index in [0.717, 1.165) is 51.4 Å². The van der Waals surface area contributed by atoms with Crippen LogP contribution in [-0.2, 0) is 14.2 Å². The Balaban J connectivity index is 1.08. The number of alkyl carbamates (subject to hydrolysis) is 1. The highest BCUT2D eigenvalue weighted by atomic mass is 19.1. The molecule has 0 bridgehead atoms. The first-order valence-corrected chi connectivity index (χ1v) is 18.7. The molecule has 268 valence electrons. The number of nitrogens with zero attached hydrogens (tertiary/aromatic N) is 1. The van der Waals surface area contributed by atoms with Crippen molar-refractivity contribution >= 4 is 6.09 Å². The van der Waals surface area contributed by atoms with Gasteiger partial charge in [0.1, 0.15) is 18.4 Å². The SMILES string of the molecule is CCO[C@@H](C1C[C@@H](C)[C@H]2C(O1)[C@H](O)[C@@]1(N)C3CC[C@H]4C(C)(C)[C@@H](OC(=O)NCCN5CC(F)C5)CCC45CC35CCC21C)C(C)(C)O. The van der Waals surface area contributed by atoms with Crippen LogP contribution in [0.1, 0.15) is 99.8 Å². The van der Waals surface area contributed by atoms with Gasteiger partial charge in [0.15, 0.2) is 0 Å². The third-order valence-corrected chi connectivity index (χ3v) is 15.5. The minimum absolute atomic E-state index is 0.0955. The number of hydrogen-bond acceptors (Lipinski definition) is 8. The zero-order chi connectivity index (χ0) is 33.9. The highest BCUT2D eigenvalue weighted by Gasteiger charge is 2.85. The van der Waals surface area contributed by atoms with Gasteiger partial charge in [-0.1, -0.05) is 27.7 Å². The number of ether oxygens (including phenoxy) is 3. The van der Waals surface area contributed by atoms with E-state index in [0.29, 0.717) is 38.7 Å². The molecule has 6 unspecified atom stereocenters. The van der Waals surface area contributed by atoms with Crippen molar-refractivity contribution in [3.63, 3.8) is 0 Å². The monoisotopic (exact) mass is 663 g/mol. The van der Waals surface area contributed by atoms with Crippen LogP contribution in [0, 0.1) is 45.3 Å². The average molecular weight is 664 g/mol. The number of alkyl halides is 1. The Bertz CT molecular complexity index is 1220. The predicted molar refractivity (Wildman–Crippen MR) is 176 cm³/mol.